The van der Waals surface area contributed by atoms with Gasteiger partial charge in [0, 0.05) is 19.3 Å². The number of hydrazine groups is 1. The summed E-state index contributed by atoms with van der Waals surface area (Å²) < 4.78 is 28.2. The highest BCUT2D eigenvalue weighted by atomic mass is 32.2. The fourth-order valence-corrected chi connectivity index (χ4v) is 3.15. The molecule has 4 N–H and O–H groups in total. The lowest BCUT2D eigenvalue weighted by atomic mass is 10.2. The molecule has 0 aliphatic heterocycles. The topological polar surface area (TPSA) is 106 Å². The highest BCUT2D eigenvalue weighted by Crippen LogP contribution is 2.14. The van der Waals surface area contributed by atoms with Crippen LogP contribution < -0.4 is 16.0 Å². The van der Waals surface area contributed by atoms with Crippen LogP contribution in [-0.2, 0) is 17.1 Å². The minimum absolute atomic E-state index is 0.0524. The summed E-state index contributed by atoms with van der Waals surface area (Å²) in [5.74, 6) is 4.50. The Kier molecular flexibility index (Phi) is 5.10. The zero-order chi connectivity index (χ0) is 14.6. The lowest BCUT2D eigenvalue weighted by molar-refractivity contribution is 0.0945. The van der Waals surface area contributed by atoms with Gasteiger partial charge in [-0.2, -0.15) is 0 Å². The predicted molar refractivity (Wildman–Crippen MR) is 71.8 cm³/mol. The van der Waals surface area contributed by atoms with Crippen LogP contribution in [0.4, 0.5) is 0 Å². The molecule has 108 valence electrons. The lowest BCUT2D eigenvalue weighted by Gasteiger charge is -2.11. The maximum Gasteiger partial charge on any atom is 0.281 e. The van der Waals surface area contributed by atoms with Gasteiger partial charge in [-0.05, 0) is 19.4 Å². The smallest absolute Gasteiger partial charge is 0.281 e. The van der Waals surface area contributed by atoms with Gasteiger partial charge in [0.1, 0.15) is 10.6 Å². The minimum Gasteiger partial charge on any atom is -0.345 e. The van der Waals surface area contributed by atoms with E-state index in [9.17, 15) is 13.2 Å². The summed E-state index contributed by atoms with van der Waals surface area (Å²) in [6.07, 6.45) is 3.02. The lowest BCUT2D eigenvalue weighted by Crippen LogP contribution is -2.32. The number of nitrogens with zero attached hydrogens (tertiary/aromatic N) is 1. The standard InChI is InChI=1S/C11H20N4O3S/c1-4-5-8(2)14-19(17,18)9-6-10(11(16)13-12)15(3)7-9/h6-8,14H,4-5,12H2,1-3H3,(H,13,16). The molecule has 1 unspecified atom stereocenters. The number of aromatic nitrogens is 1. The van der Waals surface area contributed by atoms with Gasteiger partial charge in [0.05, 0.1) is 0 Å². The van der Waals surface area contributed by atoms with E-state index in [-0.39, 0.29) is 16.6 Å². The van der Waals surface area contributed by atoms with Crippen molar-refractivity contribution in [3.63, 3.8) is 0 Å². The van der Waals surface area contributed by atoms with E-state index in [4.69, 9.17) is 5.84 Å². The van der Waals surface area contributed by atoms with E-state index in [2.05, 4.69) is 4.72 Å². The normalized spacial score (nSPS) is 13.3. The maximum absolute atomic E-state index is 12.1. The number of carbonyl (C=O) groups is 1. The third-order valence-electron chi connectivity index (χ3n) is 2.73. The molecule has 1 heterocycles. The summed E-state index contributed by atoms with van der Waals surface area (Å²) in [7, 11) is -2.03. The number of amides is 1. The number of rotatable bonds is 6. The second-order valence-electron chi connectivity index (χ2n) is 4.46. The van der Waals surface area contributed by atoms with Gasteiger partial charge in [-0.3, -0.25) is 10.2 Å². The Morgan fingerprint density at radius 1 is 1.53 bits per heavy atom. The van der Waals surface area contributed by atoms with Gasteiger partial charge in [-0.1, -0.05) is 13.3 Å². The van der Waals surface area contributed by atoms with Crippen molar-refractivity contribution < 1.29 is 13.2 Å². The fraction of sp³-hybridized carbons (Fsp3) is 0.545. The minimum atomic E-state index is -3.62. The molecule has 0 spiro atoms. The largest absolute Gasteiger partial charge is 0.345 e. The molecular weight excluding hydrogens is 268 g/mol. The van der Waals surface area contributed by atoms with E-state index in [1.165, 1.54) is 16.8 Å². The van der Waals surface area contributed by atoms with E-state index in [0.717, 1.165) is 12.8 Å². The number of nitrogen functional groups attached to an aromatic ring is 1. The van der Waals surface area contributed by atoms with Gasteiger partial charge in [0.2, 0.25) is 10.0 Å². The molecule has 0 aromatic carbocycles. The molecule has 0 saturated heterocycles. The molecule has 7 nitrogen and oxygen atoms in total. The Labute approximate surface area is 113 Å². The maximum atomic E-state index is 12.1. The van der Waals surface area contributed by atoms with E-state index in [1.807, 2.05) is 12.3 Å². The van der Waals surface area contributed by atoms with Crippen LogP contribution >= 0.6 is 0 Å². The van der Waals surface area contributed by atoms with Crippen LogP contribution in [0.3, 0.4) is 0 Å². The van der Waals surface area contributed by atoms with Gasteiger partial charge in [0.25, 0.3) is 5.91 Å². The van der Waals surface area contributed by atoms with Crippen molar-refractivity contribution in [3.8, 4) is 0 Å². The monoisotopic (exact) mass is 288 g/mol. The number of hydrogen-bond donors (Lipinski definition) is 3. The van der Waals surface area contributed by atoms with Crippen molar-refractivity contribution in [2.24, 2.45) is 12.9 Å². The molecule has 0 fully saturated rings. The Hall–Kier alpha value is -1.38. The number of aryl methyl sites for hydroxylation is 1. The Morgan fingerprint density at radius 3 is 2.68 bits per heavy atom. The second-order valence-corrected chi connectivity index (χ2v) is 6.17. The molecule has 8 heteroatoms. The average Bonchev–Trinajstić information content (AvgIpc) is 2.70. The number of sulfonamides is 1. The summed E-state index contributed by atoms with van der Waals surface area (Å²) >= 11 is 0. The molecule has 0 saturated carbocycles. The van der Waals surface area contributed by atoms with Gasteiger partial charge in [-0.15, -0.1) is 0 Å². The van der Waals surface area contributed by atoms with Crippen LogP contribution in [0.1, 0.15) is 37.2 Å². The number of hydrogen-bond acceptors (Lipinski definition) is 4. The molecule has 1 atom stereocenters. The van der Waals surface area contributed by atoms with Crippen LogP contribution in [0.5, 0.6) is 0 Å². The van der Waals surface area contributed by atoms with E-state index >= 15 is 0 Å². The molecule has 1 aromatic rings. The predicted octanol–water partition coefficient (Wildman–Crippen LogP) is 0.0955. The molecule has 0 bridgehead atoms. The first-order chi connectivity index (χ1) is 8.81. The second kappa shape index (κ2) is 6.18. The Morgan fingerprint density at radius 2 is 2.16 bits per heavy atom. The van der Waals surface area contributed by atoms with Crippen molar-refractivity contribution >= 4 is 15.9 Å². The molecule has 1 aromatic heterocycles. The highest BCUT2D eigenvalue weighted by molar-refractivity contribution is 7.89. The molecule has 0 aliphatic rings. The highest BCUT2D eigenvalue weighted by Gasteiger charge is 2.21. The summed E-state index contributed by atoms with van der Waals surface area (Å²) in [6, 6.07) is 1.14. The summed E-state index contributed by atoms with van der Waals surface area (Å²) in [5.41, 5.74) is 2.16. The zero-order valence-corrected chi connectivity index (χ0v) is 12.1. The number of nitrogens with two attached hydrogens (primary N) is 1. The first-order valence-corrected chi connectivity index (χ1v) is 7.49. The van der Waals surface area contributed by atoms with E-state index < -0.39 is 15.9 Å². The Bertz CT molecular complexity index is 550. The van der Waals surface area contributed by atoms with Crippen LogP contribution in [0.2, 0.25) is 0 Å². The van der Waals surface area contributed by atoms with E-state index in [0.29, 0.717) is 0 Å². The van der Waals surface area contributed by atoms with Crippen molar-refractivity contribution in [1.82, 2.24) is 14.7 Å². The Balaban J connectivity index is 3.00. The van der Waals surface area contributed by atoms with Crippen LogP contribution in [0.25, 0.3) is 0 Å². The van der Waals surface area contributed by atoms with E-state index in [1.54, 1.807) is 14.0 Å². The average molecular weight is 288 g/mol. The molecule has 1 rings (SSSR count). The molecular formula is C11H20N4O3S. The van der Waals surface area contributed by atoms with Crippen LogP contribution in [0, 0.1) is 0 Å². The molecule has 19 heavy (non-hydrogen) atoms. The molecule has 0 radical (unpaired) electrons. The zero-order valence-electron chi connectivity index (χ0n) is 11.3. The van der Waals surface area contributed by atoms with Gasteiger partial charge in [-0.25, -0.2) is 19.0 Å². The molecule has 0 aliphatic carbocycles. The van der Waals surface area contributed by atoms with Crippen molar-refractivity contribution in [1.29, 1.82) is 0 Å². The summed E-state index contributed by atoms with van der Waals surface area (Å²) in [4.78, 5) is 11.5. The third-order valence-corrected chi connectivity index (χ3v) is 4.29. The number of carbonyl (C=O) groups excluding carboxylic acids is 1. The van der Waals surface area contributed by atoms with Gasteiger partial charge < -0.3 is 4.57 Å². The van der Waals surface area contributed by atoms with Crippen LogP contribution in [-0.4, -0.2) is 24.9 Å². The molecule has 1 amide bonds. The first-order valence-electron chi connectivity index (χ1n) is 6.01. The van der Waals surface area contributed by atoms with Crippen LogP contribution in [0.15, 0.2) is 17.2 Å². The van der Waals surface area contributed by atoms with Crippen molar-refractivity contribution in [2.45, 2.75) is 37.6 Å². The summed E-state index contributed by atoms with van der Waals surface area (Å²) in [5, 5.41) is 0. The van der Waals surface area contributed by atoms with Crippen molar-refractivity contribution in [3.05, 3.63) is 18.0 Å². The first kappa shape index (κ1) is 15.7. The van der Waals surface area contributed by atoms with Crippen molar-refractivity contribution in [2.75, 3.05) is 0 Å². The van der Waals surface area contributed by atoms with Gasteiger partial charge in [0.15, 0.2) is 0 Å². The quantitative estimate of drug-likeness (QED) is 0.392. The summed E-state index contributed by atoms with van der Waals surface area (Å²) in [6.45, 7) is 3.79. The third kappa shape index (κ3) is 3.79. The number of nitrogens with one attached hydrogen (secondary N) is 2. The SMILES string of the molecule is CCCC(C)NS(=O)(=O)c1cc(C(=O)NN)n(C)c1. The fourth-order valence-electron chi connectivity index (χ4n) is 1.81. The van der Waals surface area contributed by atoms with Gasteiger partial charge >= 0.3 is 0 Å².